The number of carbonyl (C=O) groups excluding carboxylic acids is 2. The molecule has 0 unspecified atom stereocenters. The molecule has 0 aliphatic carbocycles. The Bertz CT molecular complexity index is 532. The number of halogens is 3. The van der Waals surface area contributed by atoms with Crippen molar-refractivity contribution in [3.05, 3.63) is 35.4 Å². The molecule has 2 amide bonds. The summed E-state index contributed by atoms with van der Waals surface area (Å²) in [4.78, 5) is 26.6. The number of benzene rings is 1. The summed E-state index contributed by atoms with van der Waals surface area (Å²) >= 11 is 0. The topological polar surface area (TPSA) is 40.6 Å². The zero-order chi connectivity index (χ0) is 15.6. The lowest BCUT2D eigenvalue weighted by atomic mass is 10.1. The van der Waals surface area contributed by atoms with Crippen LogP contribution in [0.1, 0.15) is 22.8 Å². The highest BCUT2D eigenvalue weighted by molar-refractivity contribution is 5.94. The molecule has 1 aromatic rings. The monoisotopic (exact) mass is 300 g/mol. The molecule has 1 fully saturated rings. The number of alkyl halides is 3. The van der Waals surface area contributed by atoms with Crippen LogP contribution in [-0.4, -0.2) is 47.8 Å². The van der Waals surface area contributed by atoms with Crippen LogP contribution in [0.15, 0.2) is 24.3 Å². The maximum absolute atomic E-state index is 12.5. The van der Waals surface area contributed by atoms with Gasteiger partial charge >= 0.3 is 6.18 Å². The van der Waals surface area contributed by atoms with Crippen molar-refractivity contribution in [2.75, 3.05) is 26.2 Å². The fourth-order valence-corrected chi connectivity index (χ4v) is 2.21. The minimum Gasteiger partial charge on any atom is -0.339 e. The Kier molecular flexibility index (Phi) is 4.20. The summed E-state index contributed by atoms with van der Waals surface area (Å²) in [6.07, 6.45) is -4.41. The van der Waals surface area contributed by atoms with Crippen LogP contribution >= 0.6 is 0 Å². The molecule has 2 rings (SSSR count). The molecule has 0 radical (unpaired) electrons. The SMILES string of the molecule is CC(=O)N1CCN(C(=O)c2ccc(C(F)(F)F)cc2)CC1. The number of carbonyl (C=O) groups is 2. The van der Waals surface area contributed by atoms with E-state index in [0.717, 1.165) is 12.1 Å². The van der Waals surface area contributed by atoms with Crippen LogP contribution in [-0.2, 0) is 11.0 Å². The predicted octanol–water partition coefficient (Wildman–Crippen LogP) is 2.01. The first-order valence-corrected chi connectivity index (χ1v) is 6.51. The third kappa shape index (κ3) is 3.53. The van der Waals surface area contributed by atoms with Crippen LogP contribution in [0, 0.1) is 0 Å². The third-order valence-electron chi connectivity index (χ3n) is 3.47. The molecule has 0 spiro atoms. The molecule has 114 valence electrons. The second-order valence-corrected chi connectivity index (χ2v) is 4.87. The highest BCUT2D eigenvalue weighted by Crippen LogP contribution is 2.29. The van der Waals surface area contributed by atoms with E-state index < -0.39 is 11.7 Å². The highest BCUT2D eigenvalue weighted by atomic mass is 19.4. The Hall–Kier alpha value is -2.05. The van der Waals surface area contributed by atoms with Crippen LogP contribution in [0.5, 0.6) is 0 Å². The molecule has 0 saturated carbocycles. The Morgan fingerprint density at radius 1 is 0.952 bits per heavy atom. The highest BCUT2D eigenvalue weighted by Gasteiger charge is 2.30. The van der Waals surface area contributed by atoms with Crippen LogP contribution in [0.25, 0.3) is 0 Å². The van der Waals surface area contributed by atoms with Gasteiger partial charge in [0.2, 0.25) is 5.91 Å². The maximum atomic E-state index is 12.5. The molecular weight excluding hydrogens is 285 g/mol. The van der Waals surface area contributed by atoms with Crippen LogP contribution in [0.4, 0.5) is 13.2 Å². The van der Waals surface area contributed by atoms with Gasteiger partial charge in [0, 0.05) is 38.7 Å². The quantitative estimate of drug-likeness (QED) is 0.796. The molecule has 0 N–H and O–H groups in total. The summed E-state index contributed by atoms with van der Waals surface area (Å²) in [6, 6.07) is 4.17. The molecular formula is C14H15F3N2O2. The number of rotatable bonds is 1. The normalized spacial score (nSPS) is 16.0. The third-order valence-corrected chi connectivity index (χ3v) is 3.47. The van der Waals surface area contributed by atoms with Crippen LogP contribution in [0.2, 0.25) is 0 Å². The fourth-order valence-electron chi connectivity index (χ4n) is 2.21. The van der Waals surface area contributed by atoms with Gasteiger partial charge in [-0.1, -0.05) is 0 Å². The van der Waals surface area contributed by atoms with E-state index in [2.05, 4.69) is 0 Å². The second kappa shape index (κ2) is 5.75. The summed E-state index contributed by atoms with van der Waals surface area (Å²) in [6.45, 7) is 3.13. The van der Waals surface area contributed by atoms with E-state index in [4.69, 9.17) is 0 Å². The van der Waals surface area contributed by atoms with E-state index in [9.17, 15) is 22.8 Å². The molecule has 0 atom stereocenters. The lowest BCUT2D eigenvalue weighted by molar-refractivity contribution is -0.137. The zero-order valence-corrected chi connectivity index (χ0v) is 11.5. The lowest BCUT2D eigenvalue weighted by Crippen LogP contribution is -2.50. The Balaban J connectivity index is 2.03. The van der Waals surface area contributed by atoms with Gasteiger partial charge in [0.25, 0.3) is 5.91 Å². The van der Waals surface area contributed by atoms with Gasteiger partial charge in [0.05, 0.1) is 5.56 Å². The Labute approximate surface area is 120 Å². The zero-order valence-electron chi connectivity index (χ0n) is 11.5. The molecule has 7 heteroatoms. The molecule has 1 aliphatic heterocycles. The summed E-state index contributed by atoms with van der Waals surface area (Å²) in [5, 5.41) is 0. The summed E-state index contributed by atoms with van der Waals surface area (Å²) < 4.78 is 37.4. The van der Waals surface area contributed by atoms with E-state index in [1.807, 2.05) is 0 Å². The minimum atomic E-state index is -4.41. The first-order valence-electron chi connectivity index (χ1n) is 6.51. The molecule has 1 saturated heterocycles. The first kappa shape index (κ1) is 15.3. The van der Waals surface area contributed by atoms with E-state index in [1.54, 1.807) is 9.80 Å². The van der Waals surface area contributed by atoms with Crippen molar-refractivity contribution in [2.24, 2.45) is 0 Å². The van der Waals surface area contributed by atoms with Gasteiger partial charge in [-0.3, -0.25) is 9.59 Å². The van der Waals surface area contributed by atoms with Crippen molar-refractivity contribution >= 4 is 11.8 Å². The van der Waals surface area contributed by atoms with Crippen molar-refractivity contribution in [2.45, 2.75) is 13.1 Å². The Morgan fingerprint density at radius 3 is 1.86 bits per heavy atom. The van der Waals surface area contributed by atoms with Crippen molar-refractivity contribution in [3.8, 4) is 0 Å². The number of amides is 2. The van der Waals surface area contributed by atoms with Crippen LogP contribution < -0.4 is 0 Å². The van der Waals surface area contributed by atoms with E-state index in [1.165, 1.54) is 19.1 Å². The predicted molar refractivity (Wildman–Crippen MR) is 69.6 cm³/mol. The van der Waals surface area contributed by atoms with Crippen LogP contribution in [0.3, 0.4) is 0 Å². The number of piperazine rings is 1. The average Bonchev–Trinajstić information content (AvgIpc) is 2.46. The van der Waals surface area contributed by atoms with Crippen molar-refractivity contribution in [3.63, 3.8) is 0 Å². The van der Waals surface area contributed by atoms with Gasteiger partial charge in [-0.25, -0.2) is 0 Å². The number of hydrogen-bond acceptors (Lipinski definition) is 2. The molecule has 1 aromatic carbocycles. The van der Waals surface area contributed by atoms with Crippen molar-refractivity contribution in [1.29, 1.82) is 0 Å². The summed E-state index contributed by atoms with van der Waals surface area (Å²) in [5.41, 5.74) is -0.556. The maximum Gasteiger partial charge on any atom is 0.416 e. The molecule has 0 aromatic heterocycles. The van der Waals surface area contributed by atoms with Gasteiger partial charge in [-0.05, 0) is 24.3 Å². The smallest absolute Gasteiger partial charge is 0.339 e. The number of hydrogen-bond donors (Lipinski definition) is 0. The summed E-state index contributed by atoms with van der Waals surface area (Å²) in [7, 11) is 0. The fraction of sp³-hybridized carbons (Fsp3) is 0.429. The largest absolute Gasteiger partial charge is 0.416 e. The van der Waals surface area contributed by atoms with E-state index in [-0.39, 0.29) is 17.4 Å². The van der Waals surface area contributed by atoms with Gasteiger partial charge in [0.1, 0.15) is 0 Å². The number of nitrogens with zero attached hydrogens (tertiary/aromatic N) is 2. The molecule has 21 heavy (non-hydrogen) atoms. The molecule has 4 nitrogen and oxygen atoms in total. The van der Waals surface area contributed by atoms with E-state index >= 15 is 0 Å². The summed E-state index contributed by atoms with van der Waals surface area (Å²) in [5.74, 6) is -0.358. The molecule has 1 heterocycles. The lowest BCUT2D eigenvalue weighted by Gasteiger charge is -2.34. The molecule has 1 aliphatic rings. The van der Waals surface area contributed by atoms with Gasteiger partial charge < -0.3 is 9.80 Å². The average molecular weight is 300 g/mol. The van der Waals surface area contributed by atoms with Gasteiger partial charge in [0.15, 0.2) is 0 Å². The van der Waals surface area contributed by atoms with Gasteiger partial charge in [-0.2, -0.15) is 13.2 Å². The van der Waals surface area contributed by atoms with E-state index in [0.29, 0.717) is 26.2 Å². The standard InChI is InChI=1S/C14H15F3N2O2/c1-10(20)18-6-8-19(9-7-18)13(21)11-2-4-12(5-3-11)14(15,16)17/h2-5H,6-9H2,1H3. The second-order valence-electron chi connectivity index (χ2n) is 4.87. The first-order chi connectivity index (χ1) is 9.79. The van der Waals surface area contributed by atoms with Crippen molar-refractivity contribution < 1.29 is 22.8 Å². The van der Waals surface area contributed by atoms with Crippen molar-refractivity contribution in [1.82, 2.24) is 9.80 Å². The minimum absolute atomic E-state index is 0.0448. The van der Waals surface area contributed by atoms with Gasteiger partial charge in [-0.15, -0.1) is 0 Å². The Morgan fingerprint density at radius 2 is 1.43 bits per heavy atom. The molecule has 0 bridgehead atoms.